The van der Waals surface area contributed by atoms with Gasteiger partial charge in [-0.25, -0.2) is 0 Å². The molecule has 0 saturated carbocycles. The number of hydrogen-bond acceptors (Lipinski definition) is 1. The molecule has 2 nitrogen and oxygen atoms in total. The highest BCUT2D eigenvalue weighted by Gasteiger charge is 1.97. The predicted molar refractivity (Wildman–Crippen MR) is 119 cm³/mol. The molecule has 0 saturated heterocycles. The molecule has 0 aromatic carbocycles. The Labute approximate surface area is 170 Å². The SMILES string of the molecule is [CH2]CCCCCCCCC[CH]CCCCCCCCCCCCCC(=O)O. The van der Waals surface area contributed by atoms with Gasteiger partial charge < -0.3 is 5.11 Å². The number of rotatable bonds is 23. The molecule has 0 amide bonds. The molecule has 0 rings (SSSR count). The van der Waals surface area contributed by atoms with Gasteiger partial charge in [-0.05, 0) is 12.8 Å². The van der Waals surface area contributed by atoms with Gasteiger partial charge in [0.1, 0.15) is 0 Å². The van der Waals surface area contributed by atoms with E-state index in [1.54, 1.807) is 0 Å². The number of carbonyl (C=O) groups is 1. The van der Waals surface area contributed by atoms with Gasteiger partial charge >= 0.3 is 5.97 Å². The Hall–Kier alpha value is -0.530. The van der Waals surface area contributed by atoms with Crippen molar-refractivity contribution in [2.24, 2.45) is 0 Å². The van der Waals surface area contributed by atoms with Crippen LogP contribution in [0.5, 0.6) is 0 Å². The van der Waals surface area contributed by atoms with E-state index in [0.29, 0.717) is 6.42 Å². The number of carboxylic acids is 1. The Morgan fingerprint density at radius 2 is 0.889 bits per heavy atom. The quantitative estimate of drug-likeness (QED) is 0.180. The first-order valence-electron chi connectivity index (χ1n) is 12.1. The number of hydrogen-bond donors (Lipinski definition) is 1. The lowest BCUT2D eigenvalue weighted by atomic mass is 10.0. The minimum atomic E-state index is -0.654. The van der Waals surface area contributed by atoms with Crippen molar-refractivity contribution in [3.63, 3.8) is 0 Å². The summed E-state index contributed by atoms with van der Waals surface area (Å²) < 4.78 is 0. The van der Waals surface area contributed by atoms with Crippen LogP contribution in [0, 0.1) is 13.3 Å². The Morgan fingerprint density at radius 3 is 1.26 bits per heavy atom. The second-order valence-corrected chi connectivity index (χ2v) is 8.23. The van der Waals surface area contributed by atoms with E-state index in [1.807, 2.05) is 0 Å². The third-order valence-corrected chi connectivity index (χ3v) is 5.46. The first kappa shape index (κ1) is 26.5. The van der Waals surface area contributed by atoms with Crippen LogP contribution in [0.15, 0.2) is 0 Å². The zero-order valence-electron chi connectivity index (χ0n) is 18.2. The van der Waals surface area contributed by atoms with E-state index in [1.165, 1.54) is 116 Å². The maximum Gasteiger partial charge on any atom is 0.303 e. The van der Waals surface area contributed by atoms with Gasteiger partial charge in [0.25, 0.3) is 0 Å². The molecule has 0 atom stereocenters. The van der Waals surface area contributed by atoms with E-state index in [0.717, 1.165) is 19.3 Å². The van der Waals surface area contributed by atoms with Gasteiger partial charge in [0, 0.05) is 6.42 Å². The summed E-state index contributed by atoms with van der Waals surface area (Å²) in [6, 6.07) is 0. The lowest BCUT2D eigenvalue weighted by molar-refractivity contribution is -0.137. The van der Waals surface area contributed by atoms with Gasteiger partial charge in [-0.3, -0.25) is 4.79 Å². The van der Waals surface area contributed by atoms with Crippen molar-refractivity contribution in [1.29, 1.82) is 0 Å². The van der Waals surface area contributed by atoms with Crippen LogP contribution in [0.3, 0.4) is 0 Å². The van der Waals surface area contributed by atoms with E-state index in [4.69, 9.17) is 5.11 Å². The summed E-state index contributed by atoms with van der Waals surface area (Å²) in [6.45, 7) is 3.89. The topological polar surface area (TPSA) is 37.3 Å². The number of unbranched alkanes of at least 4 members (excludes halogenated alkanes) is 21. The fourth-order valence-electron chi connectivity index (χ4n) is 3.65. The highest BCUT2D eigenvalue weighted by Crippen LogP contribution is 2.14. The van der Waals surface area contributed by atoms with Gasteiger partial charge in [0.15, 0.2) is 0 Å². The second-order valence-electron chi connectivity index (χ2n) is 8.23. The molecule has 160 valence electrons. The molecule has 0 heterocycles. The zero-order valence-corrected chi connectivity index (χ0v) is 18.2. The van der Waals surface area contributed by atoms with Crippen LogP contribution in [-0.2, 0) is 4.79 Å². The summed E-state index contributed by atoms with van der Waals surface area (Å²) in [6.07, 6.45) is 30.4. The summed E-state index contributed by atoms with van der Waals surface area (Å²) in [7, 11) is 0. The molecule has 0 spiro atoms. The van der Waals surface area contributed by atoms with Crippen LogP contribution in [0.1, 0.15) is 141 Å². The maximum atomic E-state index is 10.4. The van der Waals surface area contributed by atoms with E-state index < -0.39 is 5.97 Å². The highest BCUT2D eigenvalue weighted by atomic mass is 16.4. The predicted octanol–water partition coefficient (Wildman–Crippen LogP) is 8.69. The monoisotopic (exact) mass is 380 g/mol. The average Bonchev–Trinajstić information content (AvgIpc) is 2.65. The molecular formula is C25H48O2. The maximum absolute atomic E-state index is 10.4. The first-order valence-corrected chi connectivity index (χ1v) is 12.1. The molecule has 0 aliphatic carbocycles. The molecule has 0 unspecified atom stereocenters. The molecule has 2 radical (unpaired) electrons. The number of carboxylic acid groups (broad SMARTS) is 1. The van der Waals surface area contributed by atoms with Gasteiger partial charge in [0.05, 0.1) is 0 Å². The van der Waals surface area contributed by atoms with E-state index >= 15 is 0 Å². The van der Waals surface area contributed by atoms with Crippen LogP contribution in [0.2, 0.25) is 0 Å². The highest BCUT2D eigenvalue weighted by molar-refractivity contribution is 5.66. The summed E-state index contributed by atoms with van der Waals surface area (Å²) in [5, 5.41) is 8.58. The zero-order chi connectivity index (χ0) is 19.8. The Bertz CT molecular complexity index is 288. The van der Waals surface area contributed by atoms with Crippen molar-refractivity contribution in [2.45, 2.75) is 141 Å². The molecule has 2 heteroatoms. The van der Waals surface area contributed by atoms with Crippen LogP contribution in [0.4, 0.5) is 0 Å². The minimum Gasteiger partial charge on any atom is -0.481 e. The minimum absolute atomic E-state index is 0.342. The molecule has 27 heavy (non-hydrogen) atoms. The second kappa shape index (κ2) is 23.5. The lowest BCUT2D eigenvalue weighted by Crippen LogP contribution is -1.93. The van der Waals surface area contributed by atoms with Gasteiger partial charge in [0.2, 0.25) is 0 Å². The third kappa shape index (κ3) is 25.5. The first-order chi connectivity index (χ1) is 13.3. The van der Waals surface area contributed by atoms with Crippen LogP contribution in [0.25, 0.3) is 0 Å². The Balaban J connectivity index is 2.98. The Morgan fingerprint density at radius 1 is 0.556 bits per heavy atom. The molecule has 0 aliphatic rings. The molecular weight excluding hydrogens is 332 g/mol. The van der Waals surface area contributed by atoms with E-state index in [2.05, 4.69) is 13.3 Å². The summed E-state index contributed by atoms with van der Waals surface area (Å²) in [4.78, 5) is 10.4. The van der Waals surface area contributed by atoms with E-state index in [9.17, 15) is 4.79 Å². The normalized spacial score (nSPS) is 11.1. The van der Waals surface area contributed by atoms with Crippen molar-refractivity contribution >= 4 is 5.97 Å². The lowest BCUT2D eigenvalue weighted by Gasteiger charge is -2.04. The molecule has 0 bridgehead atoms. The standard InChI is InChI=1S/C25H48O2/c1-2-3-4-5-6-7-8-9-10-11-12-13-14-15-16-17-18-19-20-21-22-23-24-25(26)27/h11H,1-10,12-24H2,(H,26,27). The van der Waals surface area contributed by atoms with Crippen molar-refractivity contribution < 1.29 is 9.90 Å². The van der Waals surface area contributed by atoms with Gasteiger partial charge in [-0.15, -0.1) is 0 Å². The smallest absolute Gasteiger partial charge is 0.303 e. The largest absolute Gasteiger partial charge is 0.481 e. The van der Waals surface area contributed by atoms with Crippen molar-refractivity contribution in [3.8, 4) is 0 Å². The van der Waals surface area contributed by atoms with Crippen molar-refractivity contribution in [1.82, 2.24) is 0 Å². The van der Waals surface area contributed by atoms with Crippen molar-refractivity contribution in [2.75, 3.05) is 0 Å². The molecule has 0 fully saturated rings. The van der Waals surface area contributed by atoms with Crippen molar-refractivity contribution in [3.05, 3.63) is 13.3 Å². The number of aliphatic carboxylic acids is 1. The van der Waals surface area contributed by atoms with E-state index in [-0.39, 0.29) is 0 Å². The van der Waals surface area contributed by atoms with Gasteiger partial charge in [-0.2, -0.15) is 0 Å². The van der Waals surface area contributed by atoms with Gasteiger partial charge in [-0.1, -0.05) is 135 Å². The molecule has 1 N–H and O–H groups in total. The molecule has 0 aliphatic heterocycles. The molecule has 0 aromatic heterocycles. The van der Waals surface area contributed by atoms with Crippen LogP contribution in [-0.4, -0.2) is 11.1 Å². The fourth-order valence-corrected chi connectivity index (χ4v) is 3.65. The average molecular weight is 381 g/mol. The summed E-state index contributed by atoms with van der Waals surface area (Å²) in [5.74, 6) is -0.654. The van der Waals surface area contributed by atoms with Crippen LogP contribution < -0.4 is 0 Å². The third-order valence-electron chi connectivity index (χ3n) is 5.46. The Kier molecular flexibility index (Phi) is 23.0. The fraction of sp³-hybridized carbons (Fsp3) is 0.880. The molecule has 0 aromatic rings. The van der Waals surface area contributed by atoms with Crippen LogP contribution >= 0.6 is 0 Å². The summed E-state index contributed by atoms with van der Waals surface area (Å²) in [5.41, 5.74) is 0. The summed E-state index contributed by atoms with van der Waals surface area (Å²) >= 11 is 0.